The van der Waals surface area contributed by atoms with Crippen molar-refractivity contribution in [3.05, 3.63) is 41.2 Å². The highest BCUT2D eigenvalue weighted by atomic mass is 19.1. The molecule has 0 saturated heterocycles. The maximum atomic E-state index is 13.4. The van der Waals surface area contributed by atoms with E-state index in [1.807, 2.05) is 0 Å². The molecule has 0 unspecified atom stereocenters. The largest absolute Gasteiger partial charge is 0.478 e. The maximum Gasteiger partial charge on any atom is 0.328 e. The Kier molecular flexibility index (Phi) is 7.05. The molecule has 0 atom stereocenters. The summed E-state index contributed by atoms with van der Waals surface area (Å²) in [4.78, 5) is 12.8. The van der Waals surface area contributed by atoms with E-state index in [9.17, 15) is 9.18 Å². The topological polar surface area (TPSA) is 49.8 Å². The number of benzene rings is 1. The van der Waals surface area contributed by atoms with Crippen LogP contribution in [-0.4, -0.2) is 42.3 Å². The van der Waals surface area contributed by atoms with Crippen molar-refractivity contribution in [1.82, 2.24) is 4.90 Å². The van der Waals surface area contributed by atoms with Gasteiger partial charge in [-0.25, -0.2) is 9.18 Å². The van der Waals surface area contributed by atoms with Gasteiger partial charge in [0.1, 0.15) is 5.82 Å². The summed E-state index contributed by atoms with van der Waals surface area (Å²) < 4.78 is 18.5. The van der Waals surface area contributed by atoms with Crippen LogP contribution in [0.4, 0.5) is 4.39 Å². The van der Waals surface area contributed by atoms with Gasteiger partial charge in [0.05, 0.1) is 6.61 Å². The van der Waals surface area contributed by atoms with E-state index in [0.717, 1.165) is 18.2 Å². The molecule has 0 spiro atoms. The minimum Gasteiger partial charge on any atom is -0.478 e. The lowest BCUT2D eigenvalue weighted by Gasteiger charge is -2.26. The zero-order chi connectivity index (χ0) is 15.8. The molecule has 0 saturated carbocycles. The molecule has 0 fully saturated rings. The van der Waals surface area contributed by atoms with E-state index in [1.165, 1.54) is 18.2 Å². The van der Waals surface area contributed by atoms with E-state index in [-0.39, 0.29) is 5.82 Å². The second-order valence-electron chi connectivity index (χ2n) is 5.07. The number of halogens is 1. The van der Waals surface area contributed by atoms with Crippen molar-refractivity contribution in [3.63, 3.8) is 0 Å². The van der Waals surface area contributed by atoms with Gasteiger partial charge in [0.15, 0.2) is 0 Å². The Morgan fingerprint density at radius 2 is 2.19 bits per heavy atom. The quantitative estimate of drug-likeness (QED) is 0.749. The van der Waals surface area contributed by atoms with Crippen LogP contribution in [0.1, 0.15) is 25.0 Å². The van der Waals surface area contributed by atoms with Crippen molar-refractivity contribution in [3.8, 4) is 0 Å². The van der Waals surface area contributed by atoms with Gasteiger partial charge >= 0.3 is 5.97 Å². The summed E-state index contributed by atoms with van der Waals surface area (Å²) in [5.74, 6) is -1.43. The molecule has 0 amide bonds. The lowest BCUT2D eigenvalue weighted by Crippen LogP contribution is -2.33. The molecular weight excluding hydrogens is 273 g/mol. The number of hydrogen-bond acceptors (Lipinski definition) is 3. The lowest BCUT2D eigenvalue weighted by atomic mass is 10.1. The molecule has 4 nitrogen and oxygen atoms in total. The van der Waals surface area contributed by atoms with Crippen LogP contribution in [0.15, 0.2) is 24.3 Å². The average Bonchev–Trinajstić information content (AvgIpc) is 2.42. The first-order valence-corrected chi connectivity index (χ1v) is 6.86. The van der Waals surface area contributed by atoms with E-state index in [2.05, 4.69) is 18.7 Å². The predicted molar refractivity (Wildman–Crippen MR) is 80.5 cm³/mol. The third kappa shape index (κ3) is 6.06. The van der Waals surface area contributed by atoms with Gasteiger partial charge in [0, 0.05) is 32.3 Å². The molecule has 0 aliphatic rings. The summed E-state index contributed by atoms with van der Waals surface area (Å²) in [5.41, 5.74) is 1.47. The first-order valence-electron chi connectivity index (χ1n) is 6.86. The SMILES string of the molecule is COCCN(Cc1ccc(F)cc1/C=C/C(=O)O)C(C)C. The third-order valence-electron chi connectivity index (χ3n) is 3.20. The lowest BCUT2D eigenvalue weighted by molar-refractivity contribution is -0.131. The molecule has 1 rings (SSSR count). The fraction of sp³-hybridized carbons (Fsp3) is 0.438. The Morgan fingerprint density at radius 3 is 2.76 bits per heavy atom. The van der Waals surface area contributed by atoms with Crippen molar-refractivity contribution < 1.29 is 19.0 Å². The number of carbonyl (C=O) groups is 1. The first-order chi connectivity index (χ1) is 9.93. The van der Waals surface area contributed by atoms with Gasteiger partial charge in [0.2, 0.25) is 0 Å². The Balaban J connectivity index is 2.96. The Bertz CT molecular complexity index is 500. The Labute approximate surface area is 124 Å². The number of hydrogen-bond donors (Lipinski definition) is 1. The minimum atomic E-state index is -1.05. The number of methoxy groups -OCH3 is 1. The molecule has 0 aliphatic carbocycles. The molecule has 5 heteroatoms. The highest BCUT2D eigenvalue weighted by Crippen LogP contribution is 2.17. The standard InChI is InChI=1S/C16H22FNO3/c1-12(2)18(8-9-21-3)11-14-4-6-15(17)10-13(14)5-7-16(19)20/h4-7,10,12H,8-9,11H2,1-3H3,(H,19,20)/b7-5+. The molecule has 0 heterocycles. The van der Waals surface area contributed by atoms with E-state index >= 15 is 0 Å². The Hall–Kier alpha value is -1.72. The van der Waals surface area contributed by atoms with Crippen LogP contribution in [0.25, 0.3) is 6.08 Å². The van der Waals surface area contributed by atoms with E-state index in [1.54, 1.807) is 13.2 Å². The molecule has 1 N–H and O–H groups in total. The fourth-order valence-electron chi connectivity index (χ4n) is 1.97. The van der Waals surface area contributed by atoms with Crippen molar-refractivity contribution in [2.24, 2.45) is 0 Å². The van der Waals surface area contributed by atoms with E-state index < -0.39 is 5.97 Å². The molecule has 0 aromatic heterocycles. The zero-order valence-electron chi connectivity index (χ0n) is 12.7. The normalized spacial score (nSPS) is 11.7. The van der Waals surface area contributed by atoms with Gasteiger partial charge in [-0.3, -0.25) is 4.90 Å². The highest BCUT2D eigenvalue weighted by Gasteiger charge is 2.12. The molecule has 1 aromatic carbocycles. The zero-order valence-corrected chi connectivity index (χ0v) is 12.7. The Morgan fingerprint density at radius 1 is 1.48 bits per heavy atom. The molecule has 21 heavy (non-hydrogen) atoms. The number of nitrogens with zero attached hydrogens (tertiary/aromatic N) is 1. The second kappa shape index (κ2) is 8.54. The van der Waals surface area contributed by atoms with Crippen molar-refractivity contribution in [1.29, 1.82) is 0 Å². The van der Waals surface area contributed by atoms with Crippen LogP contribution in [0, 0.1) is 5.82 Å². The molecule has 0 radical (unpaired) electrons. The second-order valence-corrected chi connectivity index (χ2v) is 5.07. The number of carboxylic acid groups (broad SMARTS) is 1. The van der Waals surface area contributed by atoms with Crippen LogP contribution in [-0.2, 0) is 16.1 Å². The predicted octanol–water partition coefficient (Wildman–Crippen LogP) is 2.78. The van der Waals surface area contributed by atoms with Crippen molar-refractivity contribution in [2.75, 3.05) is 20.3 Å². The van der Waals surface area contributed by atoms with Crippen LogP contribution < -0.4 is 0 Å². The maximum absolute atomic E-state index is 13.4. The first kappa shape index (κ1) is 17.3. The summed E-state index contributed by atoms with van der Waals surface area (Å²) in [5, 5.41) is 8.71. The van der Waals surface area contributed by atoms with Crippen LogP contribution in [0.3, 0.4) is 0 Å². The number of ether oxygens (including phenoxy) is 1. The molecule has 0 aliphatic heterocycles. The summed E-state index contributed by atoms with van der Waals surface area (Å²) >= 11 is 0. The summed E-state index contributed by atoms with van der Waals surface area (Å²) in [6, 6.07) is 4.74. The van der Waals surface area contributed by atoms with Gasteiger partial charge in [-0.15, -0.1) is 0 Å². The summed E-state index contributed by atoms with van der Waals surface area (Å²) in [6.07, 6.45) is 2.45. The molecule has 116 valence electrons. The van der Waals surface area contributed by atoms with Gasteiger partial charge in [-0.2, -0.15) is 0 Å². The van der Waals surface area contributed by atoms with Gasteiger partial charge in [-0.1, -0.05) is 6.07 Å². The van der Waals surface area contributed by atoms with Gasteiger partial charge in [0.25, 0.3) is 0 Å². The molecule has 1 aromatic rings. The number of rotatable bonds is 8. The van der Waals surface area contributed by atoms with Crippen LogP contribution in [0.5, 0.6) is 0 Å². The fourth-order valence-corrected chi connectivity index (χ4v) is 1.97. The van der Waals surface area contributed by atoms with Gasteiger partial charge < -0.3 is 9.84 Å². The smallest absolute Gasteiger partial charge is 0.328 e. The third-order valence-corrected chi connectivity index (χ3v) is 3.20. The van der Waals surface area contributed by atoms with E-state index in [4.69, 9.17) is 9.84 Å². The van der Waals surface area contributed by atoms with E-state index in [0.29, 0.717) is 24.8 Å². The van der Waals surface area contributed by atoms with Crippen molar-refractivity contribution >= 4 is 12.0 Å². The molecule has 0 bridgehead atoms. The van der Waals surface area contributed by atoms with Crippen molar-refractivity contribution in [2.45, 2.75) is 26.4 Å². The minimum absolute atomic E-state index is 0.307. The monoisotopic (exact) mass is 295 g/mol. The summed E-state index contributed by atoms with van der Waals surface area (Å²) in [6.45, 7) is 6.13. The number of carboxylic acids is 1. The van der Waals surface area contributed by atoms with Crippen LogP contribution in [0.2, 0.25) is 0 Å². The summed E-state index contributed by atoms with van der Waals surface area (Å²) in [7, 11) is 1.65. The average molecular weight is 295 g/mol. The van der Waals surface area contributed by atoms with Gasteiger partial charge in [-0.05, 0) is 43.2 Å². The molecular formula is C16H22FNO3. The highest BCUT2D eigenvalue weighted by molar-refractivity contribution is 5.85. The number of aliphatic carboxylic acids is 1. The van der Waals surface area contributed by atoms with Crippen LogP contribution >= 0.6 is 0 Å².